The first-order valence-corrected chi connectivity index (χ1v) is 5.27. The zero-order chi connectivity index (χ0) is 11.4. The van der Waals surface area contributed by atoms with Gasteiger partial charge in [0.25, 0.3) is 0 Å². The smallest absolute Gasteiger partial charge is 0.315 e. The molecule has 0 bridgehead atoms. The monoisotopic (exact) mass is 214 g/mol. The van der Waals surface area contributed by atoms with Crippen molar-refractivity contribution >= 4 is 12.0 Å². The zero-order valence-corrected chi connectivity index (χ0v) is 9.12. The van der Waals surface area contributed by atoms with Gasteiger partial charge in [-0.15, -0.1) is 0 Å². The Bertz CT molecular complexity index is 253. The number of aliphatic carboxylic acids is 1. The zero-order valence-electron chi connectivity index (χ0n) is 9.12. The van der Waals surface area contributed by atoms with Crippen molar-refractivity contribution in [3.63, 3.8) is 0 Å². The highest BCUT2D eigenvalue weighted by Crippen LogP contribution is 2.36. The predicted octanol–water partition coefficient (Wildman–Crippen LogP) is 0.805. The van der Waals surface area contributed by atoms with E-state index < -0.39 is 5.97 Å². The van der Waals surface area contributed by atoms with Crippen LogP contribution in [0.15, 0.2) is 0 Å². The largest absolute Gasteiger partial charge is 0.481 e. The number of hydrogen-bond acceptors (Lipinski definition) is 2. The van der Waals surface area contributed by atoms with Crippen molar-refractivity contribution in [2.24, 2.45) is 11.8 Å². The molecule has 15 heavy (non-hydrogen) atoms. The fraction of sp³-hybridized carbons (Fsp3) is 0.800. The van der Waals surface area contributed by atoms with Gasteiger partial charge >= 0.3 is 12.0 Å². The molecular weight excluding hydrogens is 196 g/mol. The van der Waals surface area contributed by atoms with E-state index in [-0.39, 0.29) is 25.0 Å². The van der Waals surface area contributed by atoms with E-state index in [0.29, 0.717) is 11.8 Å². The summed E-state index contributed by atoms with van der Waals surface area (Å²) < 4.78 is 0. The Morgan fingerprint density at radius 3 is 2.60 bits per heavy atom. The van der Waals surface area contributed by atoms with Gasteiger partial charge in [-0.2, -0.15) is 0 Å². The van der Waals surface area contributed by atoms with Crippen molar-refractivity contribution in [3.8, 4) is 0 Å². The number of carbonyl (C=O) groups excluding carboxylic acids is 1. The molecule has 1 aliphatic rings. The van der Waals surface area contributed by atoms with Gasteiger partial charge in [0.2, 0.25) is 0 Å². The van der Waals surface area contributed by atoms with Crippen LogP contribution in [-0.2, 0) is 4.79 Å². The Hall–Kier alpha value is -1.26. The number of hydrogen-bond donors (Lipinski definition) is 3. The quantitative estimate of drug-likeness (QED) is 0.633. The molecule has 0 aliphatic heterocycles. The summed E-state index contributed by atoms with van der Waals surface area (Å²) in [4.78, 5) is 21.4. The normalized spacial score (nSPS) is 23.7. The van der Waals surface area contributed by atoms with Crippen molar-refractivity contribution < 1.29 is 14.7 Å². The SMILES string of the molecule is CC(C)[C@@H]1C[C@H]1NC(=O)NCCC(=O)O. The minimum atomic E-state index is -0.901. The molecule has 0 spiro atoms. The molecule has 5 heteroatoms. The van der Waals surface area contributed by atoms with E-state index in [1.54, 1.807) is 0 Å². The Morgan fingerprint density at radius 2 is 2.13 bits per heavy atom. The van der Waals surface area contributed by atoms with E-state index >= 15 is 0 Å². The van der Waals surface area contributed by atoms with E-state index in [2.05, 4.69) is 24.5 Å². The number of carboxylic acids is 1. The number of urea groups is 1. The van der Waals surface area contributed by atoms with E-state index in [9.17, 15) is 9.59 Å². The maximum absolute atomic E-state index is 11.2. The molecule has 0 radical (unpaired) electrons. The molecule has 0 saturated heterocycles. The van der Waals surface area contributed by atoms with E-state index in [4.69, 9.17) is 5.11 Å². The molecule has 0 unspecified atom stereocenters. The van der Waals surface area contributed by atoms with Crippen LogP contribution >= 0.6 is 0 Å². The van der Waals surface area contributed by atoms with Crippen LogP contribution in [0.4, 0.5) is 4.79 Å². The van der Waals surface area contributed by atoms with Crippen LogP contribution in [0.5, 0.6) is 0 Å². The molecule has 0 heterocycles. The molecule has 0 aromatic rings. The third-order valence-electron chi connectivity index (χ3n) is 2.64. The average Bonchev–Trinajstić information content (AvgIpc) is 2.82. The predicted molar refractivity (Wildman–Crippen MR) is 55.5 cm³/mol. The number of carboxylic acid groups (broad SMARTS) is 1. The summed E-state index contributed by atoms with van der Waals surface area (Å²) >= 11 is 0. The highest BCUT2D eigenvalue weighted by Gasteiger charge is 2.40. The van der Waals surface area contributed by atoms with Crippen molar-refractivity contribution in [3.05, 3.63) is 0 Å². The second-order valence-corrected chi connectivity index (χ2v) is 4.29. The number of amides is 2. The van der Waals surface area contributed by atoms with Crippen LogP contribution in [-0.4, -0.2) is 29.7 Å². The van der Waals surface area contributed by atoms with Crippen molar-refractivity contribution in [1.29, 1.82) is 0 Å². The number of nitrogens with one attached hydrogen (secondary N) is 2. The number of carbonyl (C=O) groups is 2. The lowest BCUT2D eigenvalue weighted by molar-refractivity contribution is -0.136. The fourth-order valence-corrected chi connectivity index (χ4v) is 1.62. The lowest BCUT2D eigenvalue weighted by atomic mass is 10.1. The highest BCUT2D eigenvalue weighted by molar-refractivity contribution is 5.75. The molecule has 0 aromatic heterocycles. The second-order valence-electron chi connectivity index (χ2n) is 4.29. The van der Waals surface area contributed by atoms with Crippen LogP contribution in [0, 0.1) is 11.8 Å². The summed E-state index contributed by atoms with van der Waals surface area (Å²) in [5, 5.41) is 13.7. The first kappa shape index (κ1) is 11.8. The molecule has 3 N–H and O–H groups in total. The molecule has 86 valence electrons. The molecule has 1 aliphatic carbocycles. The molecule has 0 aromatic carbocycles. The third kappa shape index (κ3) is 4.18. The van der Waals surface area contributed by atoms with Crippen molar-refractivity contribution in [2.45, 2.75) is 32.7 Å². The van der Waals surface area contributed by atoms with Crippen LogP contribution in [0.25, 0.3) is 0 Å². The van der Waals surface area contributed by atoms with Gasteiger partial charge in [-0.25, -0.2) is 4.79 Å². The van der Waals surface area contributed by atoms with Crippen LogP contribution in [0.1, 0.15) is 26.7 Å². The van der Waals surface area contributed by atoms with Gasteiger partial charge in [-0.05, 0) is 18.3 Å². The second kappa shape index (κ2) is 5.00. The Kier molecular flexibility index (Phi) is 3.94. The first-order valence-electron chi connectivity index (χ1n) is 5.27. The number of rotatable bonds is 5. The highest BCUT2D eigenvalue weighted by atomic mass is 16.4. The van der Waals surface area contributed by atoms with Gasteiger partial charge < -0.3 is 15.7 Å². The summed E-state index contributed by atoms with van der Waals surface area (Å²) in [6, 6.07) is 0.0132. The van der Waals surface area contributed by atoms with Crippen molar-refractivity contribution in [2.75, 3.05) is 6.54 Å². The Balaban J connectivity index is 2.08. The summed E-state index contributed by atoms with van der Waals surface area (Å²) in [5.74, 6) is 0.270. The summed E-state index contributed by atoms with van der Waals surface area (Å²) in [5.41, 5.74) is 0. The summed E-state index contributed by atoms with van der Waals surface area (Å²) in [6.07, 6.45) is 0.996. The van der Waals surface area contributed by atoms with Gasteiger partial charge in [0.1, 0.15) is 0 Å². The molecule has 1 rings (SSSR count). The van der Waals surface area contributed by atoms with Gasteiger partial charge in [0.15, 0.2) is 0 Å². The fourth-order valence-electron chi connectivity index (χ4n) is 1.62. The van der Waals surface area contributed by atoms with E-state index in [0.717, 1.165) is 6.42 Å². The first-order chi connectivity index (χ1) is 7.00. The molecule has 2 amide bonds. The maximum atomic E-state index is 11.2. The average molecular weight is 214 g/mol. The lowest BCUT2D eigenvalue weighted by Gasteiger charge is -2.07. The minimum absolute atomic E-state index is 0.0360. The molecule has 1 saturated carbocycles. The molecular formula is C10H18N2O3. The van der Waals surface area contributed by atoms with E-state index in [1.165, 1.54) is 0 Å². The van der Waals surface area contributed by atoms with Gasteiger partial charge in [0.05, 0.1) is 6.42 Å². The van der Waals surface area contributed by atoms with Crippen LogP contribution < -0.4 is 10.6 Å². The standard InChI is InChI=1S/C10H18N2O3/c1-6(2)7-5-8(7)12-10(15)11-4-3-9(13)14/h6-8H,3-5H2,1-2H3,(H,13,14)(H2,11,12,15)/t7-,8+/m0/s1. The van der Waals surface area contributed by atoms with Gasteiger partial charge in [-0.1, -0.05) is 13.8 Å². The molecule has 5 nitrogen and oxygen atoms in total. The summed E-state index contributed by atoms with van der Waals surface area (Å²) in [7, 11) is 0. The topological polar surface area (TPSA) is 78.4 Å². The Morgan fingerprint density at radius 1 is 1.47 bits per heavy atom. The maximum Gasteiger partial charge on any atom is 0.315 e. The molecule has 1 fully saturated rings. The van der Waals surface area contributed by atoms with Crippen LogP contribution in [0.2, 0.25) is 0 Å². The Labute approximate surface area is 89.2 Å². The summed E-state index contributed by atoms with van der Waals surface area (Å²) in [6.45, 7) is 4.45. The third-order valence-corrected chi connectivity index (χ3v) is 2.64. The lowest BCUT2D eigenvalue weighted by Crippen LogP contribution is -2.38. The van der Waals surface area contributed by atoms with Gasteiger partial charge in [-0.3, -0.25) is 4.79 Å². The molecule has 2 atom stereocenters. The van der Waals surface area contributed by atoms with Crippen molar-refractivity contribution in [1.82, 2.24) is 10.6 Å². The minimum Gasteiger partial charge on any atom is -0.481 e. The van der Waals surface area contributed by atoms with Crippen LogP contribution in [0.3, 0.4) is 0 Å². The van der Waals surface area contributed by atoms with E-state index in [1.807, 2.05) is 0 Å². The van der Waals surface area contributed by atoms with Gasteiger partial charge in [0, 0.05) is 12.6 Å².